The standard InChI is InChI=1S/C18H22N2O4S/c1-18(2,17(21)22)13-5-7-14(8-6-13)19-25(23,24)16-11-9-15(10-12-16)20(3)4/h5-12,19H,1-4H3,(H,21,22). The summed E-state index contributed by atoms with van der Waals surface area (Å²) in [6.45, 7) is 3.20. The Bertz CT molecular complexity index is 855. The van der Waals surface area contributed by atoms with Gasteiger partial charge in [0.25, 0.3) is 10.0 Å². The first-order valence-electron chi connectivity index (χ1n) is 7.68. The Morgan fingerprint density at radius 1 is 1.00 bits per heavy atom. The summed E-state index contributed by atoms with van der Waals surface area (Å²) in [5.41, 5.74) is 0.832. The molecule has 7 heteroatoms. The molecule has 0 unspecified atom stereocenters. The third kappa shape index (κ3) is 4.11. The number of sulfonamides is 1. The van der Waals surface area contributed by atoms with Crippen molar-refractivity contribution in [1.82, 2.24) is 0 Å². The van der Waals surface area contributed by atoms with Gasteiger partial charge in [-0.05, 0) is 55.8 Å². The van der Waals surface area contributed by atoms with E-state index in [4.69, 9.17) is 0 Å². The van der Waals surface area contributed by atoms with Crippen molar-refractivity contribution in [1.29, 1.82) is 0 Å². The van der Waals surface area contributed by atoms with Crippen LogP contribution in [0, 0.1) is 0 Å². The van der Waals surface area contributed by atoms with Crippen molar-refractivity contribution in [2.45, 2.75) is 24.2 Å². The Labute approximate surface area is 148 Å². The van der Waals surface area contributed by atoms with Crippen LogP contribution in [0.3, 0.4) is 0 Å². The fourth-order valence-corrected chi connectivity index (χ4v) is 3.27. The number of nitrogens with one attached hydrogen (secondary N) is 1. The number of anilines is 2. The smallest absolute Gasteiger partial charge is 0.313 e. The van der Waals surface area contributed by atoms with Crippen LogP contribution in [0.2, 0.25) is 0 Å². The van der Waals surface area contributed by atoms with Crippen molar-refractivity contribution in [3.05, 3.63) is 54.1 Å². The molecule has 2 aromatic rings. The number of hydrogen-bond acceptors (Lipinski definition) is 4. The summed E-state index contributed by atoms with van der Waals surface area (Å²) in [7, 11) is 0.0485. The van der Waals surface area contributed by atoms with Crippen LogP contribution in [0.1, 0.15) is 19.4 Å². The van der Waals surface area contributed by atoms with Crippen LogP contribution >= 0.6 is 0 Å². The van der Waals surface area contributed by atoms with Gasteiger partial charge in [0, 0.05) is 25.5 Å². The first-order valence-corrected chi connectivity index (χ1v) is 9.16. The Morgan fingerprint density at radius 3 is 1.96 bits per heavy atom. The van der Waals surface area contributed by atoms with E-state index in [1.165, 1.54) is 0 Å². The number of carboxylic acids is 1. The predicted octanol–water partition coefficient (Wildman–Crippen LogP) is 2.92. The zero-order chi connectivity index (χ0) is 18.8. The molecule has 0 aliphatic carbocycles. The highest BCUT2D eigenvalue weighted by molar-refractivity contribution is 7.92. The average Bonchev–Trinajstić information content (AvgIpc) is 2.55. The molecular weight excluding hydrogens is 340 g/mol. The zero-order valence-corrected chi connectivity index (χ0v) is 15.5. The number of aliphatic carboxylic acids is 1. The molecule has 0 spiro atoms. The monoisotopic (exact) mass is 362 g/mol. The Balaban J connectivity index is 2.22. The van der Waals surface area contributed by atoms with Crippen LogP contribution < -0.4 is 9.62 Å². The van der Waals surface area contributed by atoms with E-state index in [1.807, 2.05) is 19.0 Å². The molecule has 0 atom stereocenters. The maximum absolute atomic E-state index is 12.5. The molecule has 0 aromatic heterocycles. The lowest BCUT2D eigenvalue weighted by Gasteiger charge is -2.20. The first kappa shape index (κ1) is 18.8. The quantitative estimate of drug-likeness (QED) is 0.825. The molecule has 0 saturated carbocycles. The Hall–Kier alpha value is -2.54. The molecule has 0 radical (unpaired) electrons. The van der Waals surface area contributed by atoms with E-state index < -0.39 is 21.4 Å². The summed E-state index contributed by atoms with van der Waals surface area (Å²) in [5, 5.41) is 9.25. The largest absolute Gasteiger partial charge is 0.481 e. The minimum Gasteiger partial charge on any atom is -0.481 e. The van der Waals surface area contributed by atoms with E-state index in [0.717, 1.165) is 5.69 Å². The van der Waals surface area contributed by atoms with Crippen LogP contribution in [0.25, 0.3) is 0 Å². The number of carboxylic acid groups (broad SMARTS) is 1. The summed E-state index contributed by atoms with van der Waals surface area (Å²) in [5.74, 6) is -0.943. The zero-order valence-electron chi connectivity index (χ0n) is 14.6. The van der Waals surface area contributed by atoms with Gasteiger partial charge in [0.1, 0.15) is 0 Å². The van der Waals surface area contributed by atoms with Crippen LogP contribution in [0.4, 0.5) is 11.4 Å². The highest BCUT2D eigenvalue weighted by Gasteiger charge is 2.29. The molecule has 0 heterocycles. The van der Waals surface area contributed by atoms with E-state index in [-0.39, 0.29) is 4.90 Å². The maximum atomic E-state index is 12.5. The van der Waals surface area contributed by atoms with Crippen molar-refractivity contribution in [3.63, 3.8) is 0 Å². The van der Waals surface area contributed by atoms with Gasteiger partial charge in [0.05, 0.1) is 10.3 Å². The third-order valence-electron chi connectivity index (χ3n) is 4.06. The third-order valence-corrected chi connectivity index (χ3v) is 5.45. The van der Waals surface area contributed by atoms with Gasteiger partial charge in [-0.1, -0.05) is 12.1 Å². The molecule has 134 valence electrons. The maximum Gasteiger partial charge on any atom is 0.313 e. The molecule has 0 bridgehead atoms. The lowest BCUT2D eigenvalue weighted by atomic mass is 9.85. The molecule has 6 nitrogen and oxygen atoms in total. The normalized spacial score (nSPS) is 11.8. The van der Waals surface area contributed by atoms with E-state index in [1.54, 1.807) is 62.4 Å². The Kier molecular flexibility index (Phi) is 5.08. The van der Waals surface area contributed by atoms with Crippen molar-refractivity contribution in [3.8, 4) is 0 Å². The van der Waals surface area contributed by atoms with Gasteiger partial charge < -0.3 is 10.0 Å². The van der Waals surface area contributed by atoms with E-state index in [0.29, 0.717) is 11.3 Å². The van der Waals surface area contributed by atoms with Crippen LogP contribution in [-0.2, 0) is 20.2 Å². The van der Waals surface area contributed by atoms with Gasteiger partial charge in [-0.15, -0.1) is 0 Å². The van der Waals surface area contributed by atoms with Gasteiger partial charge >= 0.3 is 5.97 Å². The van der Waals surface area contributed by atoms with Gasteiger partial charge in [-0.25, -0.2) is 8.42 Å². The van der Waals surface area contributed by atoms with Crippen LogP contribution in [-0.4, -0.2) is 33.6 Å². The van der Waals surface area contributed by atoms with Crippen molar-refractivity contribution < 1.29 is 18.3 Å². The molecule has 2 N–H and O–H groups in total. The lowest BCUT2D eigenvalue weighted by Crippen LogP contribution is -2.28. The molecular formula is C18H22N2O4S. The molecule has 0 aliphatic rings. The second-order valence-electron chi connectivity index (χ2n) is 6.50. The van der Waals surface area contributed by atoms with E-state index >= 15 is 0 Å². The number of hydrogen-bond donors (Lipinski definition) is 2. The molecule has 0 saturated heterocycles. The predicted molar refractivity (Wildman–Crippen MR) is 98.7 cm³/mol. The minimum absolute atomic E-state index is 0.160. The number of carbonyl (C=O) groups is 1. The van der Waals surface area contributed by atoms with Crippen molar-refractivity contribution in [2.24, 2.45) is 0 Å². The van der Waals surface area contributed by atoms with Gasteiger partial charge in [0.2, 0.25) is 0 Å². The molecule has 0 aliphatic heterocycles. The van der Waals surface area contributed by atoms with Crippen LogP contribution in [0.15, 0.2) is 53.4 Å². The van der Waals surface area contributed by atoms with Crippen molar-refractivity contribution >= 4 is 27.4 Å². The second kappa shape index (κ2) is 6.76. The summed E-state index contributed by atoms with van der Waals surface area (Å²) in [6.07, 6.45) is 0. The van der Waals surface area contributed by atoms with Crippen LogP contribution in [0.5, 0.6) is 0 Å². The summed E-state index contributed by atoms with van der Waals surface area (Å²) < 4.78 is 27.4. The topological polar surface area (TPSA) is 86.7 Å². The number of nitrogens with zero attached hydrogens (tertiary/aromatic N) is 1. The van der Waals surface area contributed by atoms with E-state index in [9.17, 15) is 18.3 Å². The molecule has 0 fully saturated rings. The van der Waals surface area contributed by atoms with E-state index in [2.05, 4.69) is 4.72 Å². The average molecular weight is 362 g/mol. The summed E-state index contributed by atoms with van der Waals surface area (Å²) in [6, 6.07) is 12.9. The fourth-order valence-electron chi connectivity index (χ4n) is 2.22. The van der Waals surface area contributed by atoms with Gasteiger partial charge in [-0.2, -0.15) is 0 Å². The van der Waals surface area contributed by atoms with Gasteiger partial charge in [0.15, 0.2) is 0 Å². The number of benzene rings is 2. The molecule has 25 heavy (non-hydrogen) atoms. The molecule has 0 amide bonds. The summed E-state index contributed by atoms with van der Waals surface area (Å²) >= 11 is 0. The molecule has 2 aromatic carbocycles. The molecule has 2 rings (SSSR count). The summed E-state index contributed by atoms with van der Waals surface area (Å²) in [4.78, 5) is 13.3. The fraction of sp³-hybridized carbons (Fsp3) is 0.278. The first-order chi connectivity index (χ1) is 11.5. The highest BCUT2D eigenvalue weighted by atomic mass is 32.2. The number of rotatable bonds is 6. The van der Waals surface area contributed by atoms with Crippen molar-refractivity contribution in [2.75, 3.05) is 23.7 Å². The lowest BCUT2D eigenvalue weighted by molar-refractivity contribution is -0.142. The minimum atomic E-state index is -3.71. The highest BCUT2D eigenvalue weighted by Crippen LogP contribution is 2.26. The van der Waals surface area contributed by atoms with Gasteiger partial charge in [-0.3, -0.25) is 9.52 Å². The SMILES string of the molecule is CN(C)c1ccc(S(=O)(=O)Nc2ccc(C(C)(C)C(=O)O)cc2)cc1. The second-order valence-corrected chi connectivity index (χ2v) is 8.18. The Morgan fingerprint density at radius 2 is 1.52 bits per heavy atom.